The molecule has 1 aromatic carbocycles. The maximum Gasteiger partial charge on any atom is 1.00 e. The summed E-state index contributed by atoms with van der Waals surface area (Å²) < 4.78 is 30.7. The van der Waals surface area contributed by atoms with Crippen molar-refractivity contribution in [2.24, 2.45) is 7.05 Å². The van der Waals surface area contributed by atoms with Gasteiger partial charge in [0.25, 0.3) is 0 Å². The number of nitrogens with one attached hydrogen (secondary N) is 2. The van der Waals surface area contributed by atoms with Crippen molar-refractivity contribution in [1.29, 1.82) is 0 Å². The fourth-order valence-corrected chi connectivity index (χ4v) is 5.74. The molecule has 0 atom stereocenters. The van der Waals surface area contributed by atoms with E-state index in [2.05, 4.69) is 21.2 Å². The molecule has 1 aromatic heterocycles. The van der Waals surface area contributed by atoms with Gasteiger partial charge in [-0.05, 0) is 74.6 Å². The number of amides is 2. The Bertz CT molecular complexity index is 1100. The number of anilines is 2. The molecule has 2 aliphatic rings. The standard InChI is InChI=1S/C21H29N5O4S.Na.H/c1-21(2,28)13-26(16-11-22-25(3)12-16)31(29,30)24-20(27)23-19-17-8-4-6-14(17)10-15-7-5-9-18(15)19;;/h10-12,28H,4-9,13H2,1-3H3,(H2,23,24,27);;/q;+1;-1. The third-order valence-electron chi connectivity index (χ3n) is 5.73. The van der Waals surface area contributed by atoms with Gasteiger partial charge >= 0.3 is 45.8 Å². The Kier molecular flexibility index (Phi) is 7.31. The molecule has 0 unspecified atom stereocenters. The second-order valence-electron chi connectivity index (χ2n) is 8.99. The van der Waals surface area contributed by atoms with Crippen LogP contribution in [0.4, 0.5) is 16.2 Å². The fraction of sp³-hybridized carbons (Fsp3) is 0.524. The summed E-state index contributed by atoms with van der Waals surface area (Å²) in [5.41, 5.74) is 4.44. The zero-order valence-electron chi connectivity index (χ0n) is 20.1. The van der Waals surface area contributed by atoms with E-state index in [1.807, 2.05) is 0 Å². The number of fused-ring (bicyclic) bond motifs is 2. The molecule has 1 heterocycles. The first-order valence-corrected chi connectivity index (χ1v) is 12.0. The number of hydrogen-bond donors (Lipinski definition) is 3. The van der Waals surface area contributed by atoms with Crippen LogP contribution in [-0.4, -0.2) is 41.5 Å². The van der Waals surface area contributed by atoms with Crippen molar-refractivity contribution in [2.45, 2.75) is 58.0 Å². The van der Waals surface area contributed by atoms with Crippen LogP contribution < -0.4 is 43.9 Å². The number of aryl methyl sites for hydroxylation is 3. The van der Waals surface area contributed by atoms with Crippen LogP contribution in [0.25, 0.3) is 0 Å². The number of aliphatic hydroxyl groups is 1. The Labute approximate surface area is 212 Å². The van der Waals surface area contributed by atoms with Gasteiger partial charge in [0, 0.05) is 18.9 Å². The van der Waals surface area contributed by atoms with Gasteiger partial charge in [-0.2, -0.15) is 13.5 Å². The molecule has 2 aromatic rings. The number of hydrogen-bond acceptors (Lipinski definition) is 5. The van der Waals surface area contributed by atoms with Gasteiger partial charge in [-0.1, -0.05) is 6.07 Å². The topological polar surface area (TPSA) is 117 Å². The molecule has 0 fully saturated rings. The minimum absolute atomic E-state index is 0. The summed E-state index contributed by atoms with van der Waals surface area (Å²) in [5.74, 6) is 0. The summed E-state index contributed by atoms with van der Waals surface area (Å²) in [6, 6.07) is 1.44. The molecule has 0 bridgehead atoms. The van der Waals surface area contributed by atoms with Gasteiger partial charge in [0.15, 0.2) is 0 Å². The van der Waals surface area contributed by atoms with E-state index in [1.54, 1.807) is 7.05 Å². The zero-order chi connectivity index (χ0) is 22.4. The molecule has 0 radical (unpaired) electrons. The van der Waals surface area contributed by atoms with Crippen molar-refractivity contribution in [3.05, 3.63) is 40.7 Å². The third-order valence-corrected chi connectivity index (χ3v) is 7.10. The third kappa shape index (κ3) is 5.31. The van der Waals surface area contributed by atoms with Crippen LogP contribution in [0.2, 0.25) is 0 Å². The van der Waals surface area contributed by atoms with Crippen molar-refractivity contribution in [3.8, 4) is 0 Å². The minimum Gasteiger partial charge on any atom is -1.00 e. The Balaban J connectivity index is 0.00000193. The molecule has 3 N–H and O–H groups in total. The van der Waals surface area contributed by atoms with Crippen LogP contribution in [-0.2, 0) is 42.9 Å². The number of benzene rings is 1. The molecule has 0 aliphatic heterocycles. The second-order valence-corrected chi connectivity index (χ2v) is 10.6. The zero-order valence-corrected chi connectivity index (χ0v) is 21.9. The summed E-state index contributed by atoms with van der Waals surface area (Å²) in [7, 11) is -2.62. The number of nitrogens with zero attached hydrogens (tertiary/aromatic N) is 3. The molecular weight excluding hydrogens is 441 g/mol. The molecule has 9 nitrogen and oxygen atoms in total. The predicted octanol–water partition coefficient (Wildman–Crippen LogP) is -0.842. The molecule has 0 saturated heterocycles. The first-order valence-electron chi connectivity index (χ1n) is 10.5. The normalized spacial score (nSPS) is 15.0. The van der Waals surface area contributed by atoms with E-state index in [0.29, 0.717) is 0 Å². The van der Waals surface area contributed by atoms with Crippen molar-refractivity contribution in [3.63, 3.8) is 0 Å². The molecule has 32 heavy (non-hydrogen) atoms. The molecule has 0 spiro atoms. The van der Waals surface area contributed by atoms with Gasteiger partial charge in [0.05, 0.1) is 24.0 Å². The van der Waals surface area contributed by atoms with Gasteiger partial charge in [-0.3, -0.25) is 4.68 Å². The summed E-state index contributed by atoms with van der Waals surface area (Å²) in [6.45, 7) is 2.77. The maximum absolute atomic E-state index is 13.1. The molecule has 0 saturated carbocycles. The minimum atomic E-state index is -4.28. The van der Waals surface area contributed by atoms with Crippen LogP contribution in [0.3, 0.4) is 0 Å². The first kappa shape index (κ1) is 25.0. The second kappa shape index (κ2) is 9.34. The average molecular weight is 472 g/mol. The Morgan fingerprint density at radius 1 is 1.22 bits per heavy atom. The Morgan fingerprint density at radius 3 is 2.31 bits per heavy atom. The Hall–Kier alpha value is -1.59. The number of carbonyl (C=O) groups is 1. The molecule has 2 aliphatic carbocycles. The molecular formula is C21H30N5NaO4S. The van der Waals surface area contributed by atoms with Crippen LogP contribution in [0.1, 0.15) is 50.4 Å². The smallest absolute Gasteiger partial charge is 1.00 e. The van der Waals surface area contributed by atoms with Gasteiger partial charge in [-0.25, -0.2) is 13.8 Å². The number of carbonyl (C=O) groups excluding carboxylic acids is 1. The molecule has 11 heteroatoms. The van der Waals surface area contributed by atoms with Crippen molar-refractivity contribution >= 4 is 27.6 Å². The SMILES string of the molecule is Cn1cc(N(CC(C)(C)O)S(=O)(=O)NC(=O)Nc2c3c(cc4c2CCC4)CCC3)cn1.[H-].[Na+]. The summed E-state index contributed by atoms with van der Waals surface area (Å²) >= 11 is 0. The van der Waals surface area contributed by atoms with Gasteiger partial charge < -0.3 is 11.8 Å². The molecule has 4 rings (SSSR count). The van der Waals surface area contributed by atoms with Crippen LogP contribution in [0.15, 0.2) is 18.5 Å². The van der Waals surface area contributed by atoms with E-state index in [1.165, 1.54) is 42.0 Å². The van der Waals surface area contributed by atoms with Crippen molar-refractivity contribution in [1.82, 2.24) is 14.5 Å². The molecule has 170 valence electrons. The maximum atomic E-state index is 13.1. The van der Waals surface area contributed by atoms with E-state index >= 15 is 0 Å². The number of aromatic nitrogens is 2. The average Bonchev–Trinajstić information content (AvgIpc) is 3.38. The molecule has 2 amide bonds. The van der Waals surface area contributed by atoms with Crippen molar-refractivity contribution < 1.29 is 49.3 Å². The van der Waals surface area contributed by atoms with Gasteiger partial charge in [0.1, 0.15) is 0 Å². The summed E-state index contributed by atoms with van der Waals surface area (Å²) in [4.78, 5) is 12.8. The Morgan fingerprint density at radius 2 is 1.81 bits per heavy atom. The van der Waals surface area contributed by atoms with Crippen LogP contribution >= 0.6 is 0 Å². The van der Waals surface area contributed by atoms with Crippen molar-refractivity contribution in [2.75, 3.05) is 16.2 Å². The van der Waals surface area contributed by atoms with Crippen LogP contribution in [0.5, 0.6) is 0 Å². The van der Waals surface area contributed by atoms with Crippen LogP contribution in [0, 0.1) is 0 Å². The summed E-state index contributed by atoms with van der Waals surface area (Å²) in [5, 5.41) is 17.1. The number of rotatable bonds is 6. The monoisotopic (exact) mass is 471 g/mol. The van der Waals surface area contributed by atoms with E-state index in [-0.39, 0.29) is 43.2 Å². The van der Waals surface area contributed by atoms with E-state index in [4.69, 9.17) is 0 Å². The van der Waals surface area contributed by atoms with E-state index < -0.39 is 21.8 Å². The first-order chi connectivity index (χ1) is 14.5. The van der Waals surface area contributed by atoms with Gasteiger partial charge in [-0.15, -0.1) is 0 Å². The fourth-order valence-electron chi connectivity index (χ4n) is 4.48. The quantitative estimate of drug-likeness (QED) is 0.475. The van der Waals surface area contributed by atoms with E-state index in [0.717, 1.165) is 59.6 Å². The van der Waals surface area contributed by atoms with Gasteiger partial charge in [0.2, 0.25) is 0 Å². The predicted molar refractivity (Wildman–Crippen MR) is 120 cm³/mol. The number of urea groups is 1. The van der Waals surface area contributed by atoms with E-state index in [9.17, 15) is 18.3 Å². The summed E-state index contributed by atoms with van der Waals surface area (Å²) in [6.07, 6.45) is 8.69. The largest absolute Gasteiger partial charge is 1.00 e.